The van der Waals surface area contributed by atoms with Gasteiger partial charge in [-0.15, -0.1) is 0 Å². The van der Waals surface area contributed by atoms with E-state index in [-0.39, 0.29) is 12.4 Å². The van der Waals surface area contributed by atoms with Gasteiger partial charge in [0.2, 0.25) is 0 Å². The summed E-state index contributed by atoms with van der Waals surface area (Å²) in [5, 5.41) is 18.1. The summed E-state index contributed by atoms with van der Waals surface area (Å²) in [5.74, 6) is 0.132. The number of benzene rings is 1. The smallest absolute Gasteiger partial charge is 0.135 e. The van der Waals surface area contributed by atoms with Gasteiger partial charge in [0.25, 0.3) is 0 Å². The number of phenols is 1. The summed E-state index contributed by atoms with van der Waals surface area (Å²) >= 11 is 3.21. The maximum Gasteiger partial charge on any atom is 0.135 e. The Morgan fingerprint density at radius 2 is 2.09 bits per heavy atom. The van der Waals surface area contributed by atoms with Crippen molar-refractivity contribution in [1.29, 1.82) is 0 Å². The lowest BCUT2D eigenvalue weighted by Crippen LogP contribution is -1.86. The van der Waals surface area contributed by atoms with Gasteiger partial charge in [0.05, 0.1) is 11.1 Å². The first-order valence-corrected chi connectivity index (χ1v) is 4.04. The molecule has 0 aliphatic rings. The summed E-state index contributed by atoms with van der Waals surface area (Å²) in [4.78, 5) is 0. The van der Waals surface area contributed by atoms with Gasteiger partial charge in [0, 0.05) is 5.56 Å². The van der Waals surface area contributed by atoms with Gasteiger partial charge in [-0.3, -0.25) is 0 Å². The van der Waals surface area contributed by atoms with E-state index in [2.05, 4.69) is 15.9 Å². The van der Waals surface area contributed by atoms with Crippen molar-refractivity contribution in [2.45, 2.75) is 13.5 Å². The largest absolute Gasteiger partial charge is 0.506 e. The highest BCUT2D eigenvalue weighted by Gasteiger charge is 2.05. The maximum absolute atomic E-state index is 9.37. The zero-order chi connectivity index (χ0) is 8.43. The Morgan fingerprint density at radius 3 is 2.64 bits per heavy atom. The molecule has 0 amide bonds. The van der Waals surface area contributed by atoms with Crippen LogP contribution in [-0.4, -0.2) is 10.2 Å². The lowest BCUT2D eigenvalue weighted by Gasteiger charge is -2.04. The van der Waals surface area contributed by atoms with Crippen LogP contribution in [0.15, 0.2) is 16.6 Å². The van der Waals surface area contributed by atoms with Crippen molar-refractivity contribution in [1.82, 2.24) is 0 Å². The van der Waals surface area contributed by atoms with Crippen molar-refractivity contribution >= 4 is 15.9 Å². The number of aliphatic hydroxyl groups is 1. The highest BCUT2D eigenvalue weighted by Crippen LogP contribution is 2.30. The molecule has 1 rings (SSSR count). The molecule has 3 heteroatoms. The fourth-order valence-electron chi connectivity index (χ4n) is 0.833. The zero-order valence-electron chi connectivity index (χ0n) is 6.13. The first-order chi connectivity index (χ1) is 5.16. The van der Waals surface area contributed by atoms with Gasteiger partial charge in [-0.05, 0) is 28.4 Å². The Balaban J connectivity index is 3.25. The summed E-state index contributed by atoms with van der Waals surface area (Å²) < 4.78 is 0.657. The van der Waals surface area contributed by atoms with Gasteiger partial charge >= 0.3 is 0 Å². The van der Waals surface area contributed by atoms with E-state index in [1.165, 1.54) is 0 Å². The highest BCUT2D eigenvalue weighted by atomic mass is 79.9. The van der Waals surface area contributed by atoms with E-state index in [1.54, 1.807) is 6.07 Å². The van der Waals surface area contributed by atoms with Gasteiger partial charge in [0.15, 0.2) is 0 Å². The zero-order valence-corrected chi connectivity index (χ0v) is 7.72. The molecule has 0 heterocycles. The van der Waals surface area contributed by atoms with Gasteiger partial charge < -0.3 is 10.2 Å². The molecule has 0 spiro atoms. The first kappa shape index (κ1) is 8.56. The molecule has 0 fully saturated rings. The van der Waals surface area contributed by atoms with Crippen molar-refractivity contribution < 1.29 is 10.2 Å². The molecule has 0 aromatic heterocycles. The Hall–Kier alpha value is -0.540. The van der Waals surface area contributed by atoms with Crippen molar-refractivity contribution in [3.63, 3.8) is 0 Å². The molecule has 0 saturated heterocycles. The number of aromatic hydroxyl groups is 1. The first-order valence-electron chi connectivity index (χ1n) is 3.24. The monoisotopic (exact) mass is 216 g/mol. The number of aryl methyl sites for hydroxylation is 1. The molecule has 0 atom stereocenters. The lowest BCUT2D eigenvalue weighted by molar-refractivity contribution is 0.275. The summed E-state index contributed by atoms with van der Waals surface area (Å²) in [6.07, 6.45) is 0. The van der Waals surface area contributed by atoms with Crippen molar-refractivity contribution in [3.8, 4) is 5.75 Å². The van der Waals surface area contributed by atoms with E-state index in [9.17, 15) is 5.11 Å². The Kier molecular flexibility index (Phi) is 2.52. The summed E-state index contributed by atoms with van der Waals surface area (Å²) in [6, 6.07) is 3.55. The van der Waals surface area contributed by atoms with Crippen LogP contribution in [0.2, 0.25) is 0 Å². The van der Waals surface area contributed by atoms with E-state index in [4.69, 9.17) is 5.11 Å². The number of aliphatic hydroxyl groups excluding tert-OH is 1. The molecule has 0 radical (unpaired) electrons. The van der Waals surface area contributed by atoms with E-state index in [0.717, 1.165) is 5.56 Å². The molecule has 0 bridgehead atoms. The van der Waals surface area contributed by atoms with Gasteiger partial charge in [-0.25, -0.2) is 0 Å². The maximum atomic E-state index is 9.37. The molecule has 0 aliphatic heterocycles. The van der Waals surface area contributed by atoms with Crippen molar-refractivity contribution in [2.75, 3.05) is 0 Å². The molecule has 1 aromatic carbocycles. The normalized spacial score (nSPS) is 10.1. The molecule has 2 N–H and O–H groups in total. The number of rotatable bonds is 1. The fraction of sp³-hybridized carbons (Fsp3) is 0.250. The summed E-state index contributed by atoms with van der Waals surface area (Å²) in [6.45, 7) is 1.75. The second-order valence-electron chi connectivity index (χ2n) is 2.36. The predicted octanol–water partition coefficient (Wildman–Crippen LogP) is 1.96. The van der Waals surface area contributed by atoms with Crippen LogP contribution in [0, 0.1) is 6.92 Å². The third-order valence-corrected chi connectivity index (χ3v) is 2.56. The van der Waals surface area contributed by atoms with Crippen LogP contribution >= 0.6 is 15.9 Å². The summed E-state index contributed by atoms with van der Waals surface area (Å²) in [7, 11) is 0. The molecule has 0 unspecified atom stereocenters. The van der Waals surface area contributed by atoms with Gasteiger partial charge in [-0.2, -0.15) is 0 Å². The lowest BCUT2D eigenvalue weighted by atomic mass is 10.1. The Morgan fingerprint density at radius 1 is 1.45 bits per heavy atom. The molecule has 1 aromatic rings. The van der Waals surface area contributed by atoms with Crippen LogP contribution in [0.25, 0.3) is 0 Å². The van der Waals surface area contributed by atoms with Crippen LogP contribution in [0.4, 0.5) is 0 Å². The molecule has 0 aliphatic carbocycles. The average Bonchev–Trinajstić information content (AvgIpc) is 2.01. The fourth-order valence-corrected chi connectivity index (χ4v) is 1.22. The summed E-state index contributed by atoms with van der Waals surface area (Å²) in [5.41, 5.74) is 1.50. The number of halogens is 1. The minimum absolute atomic E-state index is 0.132. The van der Waals surface area contributed by atoms with Crippen molar-refractivity contribution in [2.24, 2.45) is 0 Å². The molecule has 0 saturated carbocycles. The van der Waals surface area contributed by atoms with Crippen LogP contribution in [0.5, 0.6) is 5.75 Å². The van der Waals surface area contributed by atoms with Crippen LogP contribution < -0.4 is 0 Å². The van der Waals surface area contributed by atoms with E-state index < -0.39 is 0 Å². The minimum atomic E-state index is -0.134. The Bertz CT molecular complexity index is 271. The number of hydrogen-bond donors (Lipinski definition) is 2. The SMILES string of the molecule is Cc1ccc(CO)c(O)c1Br. The standard InChI is InChI=1S/C8H9BrO2/c1-5-2-3-6(4-10)8(11)7(5)9/h2-3,10-11H,4H2,1H3. The minimum Gasteiger partial charge on any atom is -0.506 e. The predicted molar refractivity (Wildman–Crippen MR) is 46.5 cm³/mol. The van der Waals surface area contributed by atoms with Gasteiger partial charge in [-0.1, -0.05) is 12.1 Å². The molecule has 2 nitrogen and oxygen atoms in total. The Labute approximate surface area is 73.6 Å². The molecule has 60 valence electrons. The quantitative estimate of drug-likeness (QED) is 0.754. The second kappa shape index (κ2) is 3.24. The topological polar surface area (TPSA) is 40.5 Å². The second-order valence-corrected chi connectivity index (χ2v) is 3.16. The highest BCUT2D eigenvalue weighted by molar-refractivity contribution is 9.10. The van der Waals surface area contributed by atoms with Crippen LogP contribution in [-0.2, 0) is 6.61 Å². The van der Waals surface area contributed by atoms with Crippen LogP contribution in [0.3, 0.4) is 0 Å². The van der Waals surface area contributed by atoms with E-state index in [1.807, 2.05) is 13.0 Å². The molecular weight excluding hydrogens is 208 g/mol. The molecular formula is C8H9BrO2. The van der Waals surface area contributed by atoms with Gasteiger partial charge in [0.1, 0.15) is 5.75 Å². The van der Waals surface area contributed by atoms with Crippen LogP contribution in [0.1, 0.15) is 11.1 Å². The number of hydrogen-bond acceptors (Lipinski definition) is 2. The van der Waals surface area contributed by atoms with E-state index in [0.29, 0.717) is 10.0 Å². The van der Waals surface area contributed by atoms with Crippen molar-refractivity contribution in [3.05, 3.63) is 27.7 Å². The third-order valence-electron chi connectivity index (χ3n) is 1.56. The third kappa shape index (κ3) is 1.54. The molecule has 11 heavy (non-hydrogen) atoms. The average molecular weight is 217 g/mol. The van der Waals surface area contributed by atoms with E-state index >= 15 is 0 Å².